The molecule has 86 valence electrons. The molecule has 1 aromatic rings. The van der Waals surface area contributed by atoms with Gasteiger partial charge < -0.3 is 10.1 Å². The van der Waals surface area contributed by atoms with Crippen molar-refractivity contribution < 1.29 is 4.74 Å². The van der Waals surface area contributed by atoms with Crippen molar-refractivity contribution in [2.45, 2.75) is 32.7 Å². The van der Waals surface area contributed by atoms with E-state index in [1.807, 2.05) is 11.7 Å². The topological polar surface area (TPSA) is 34.1 Å². The second-order valence-corrected chi connectivity index (χ2v) is 4.46. The van der Waals surface area contributed by atoms with Gasteiger partial charge in [-0.3, -0.25) is 4.98 Å². The highest BCUT2D eigenvalue weighted by atomic mass is 32.1. The van der Waals surface area contributed by atoms with Crippen molar-refractivity contribution in [2.24, 2.45) is 0 Å². The fourth-order valence-corrected chi connectivity index (χ4v) is 1.93. The SMILES string of the molecule is CCCOCCCNC(C)c1cncs1. The van der Waals surface area contributed by atoms with E-state index in [1.54, 1.807) is 11.3 Å². The maximum absolute atomic E-state index is 5.41. The first-order valence-corrected chi connectivity index (χ1v) is 6.42. The van der Waals surface area contributed by atoms with Gasteiger partial charge in [-0.1, -0.05) is 6.92 Å². The average molecular weight is 228 g/mol. The van der Waals surface area contributed by atoms with Crippen LogP contribution in [0.15, 0.2) is 11.7 Å². The molecule has 1 heterocycles. The maximum atomic E-state index is 5.41. The van der Waals surface area contributed by atoms with Gasteiger partial charge in [0.25, 0.3) is 0 Å². The molecular weight excluding hydrogens is 208 g/mol. The van der Waals surface area contributed by atoms with Crippen molar-refractivity contribution >= 4 is 11.3 Å². The zero-order chi connectivity index (χ0) is 10.9. The lowest BCUT2D eigenvalue weighted by Gasteiger charge is -2.11. The van der Waals surface area contributed by atoms with Gasteiger partial charge in [-0.2, -0.15) is 0 Å². The fraction of sp³-hybridized carbons (Fsp3) is 0.727. The molecule has 1 N–H and O–H groups in total. The first-order chi connectivity index (χ1) is 7.34. The summed E-state index contributed by atoms with van der Waals surface area (Å²) in [5.41, 5.74) is 1.87. The molecule has 15 heavy (non-hydrogen) atoms. The molecule has 0 radical (unpaired) electrons. The Hall–Kier alpha value is -0.450. The standard InChI is InChI=1S/C11H20N2OS/c1-3-6-14-7-4-5-13-10(2)11-8-12-9-15-11/h8-10,13H,3-7H2,1-2H3. The molecule has 0 bridgehead atoms. The van der Waals surface area contributed by atoms with E-state index in [4.69, 9.17) is 4.74 Å². The average Bonchev–Trinajstić information content (AvgIpc) is 2.76. The molecule has 0 aromatic carbocycles. The van der Waals surface area contributed by atoms with E-state index in [0.717, 1.165) is 32.6 Å². The summed E-state index contributed by atoms with van der Waals surface area (Å²) in [7, 11) is 0. The molecule has 0 saturated heterocycles. The highest BCUT2D eigenvalue weighted by Gasteiger charge is 2.04. The largest absolute Gasteiger partial charge is 0.381 e. The summed E-state index contributed by atoms with van der Waals surface area (Å²) < 4.78 is 5.41. The zero-order valence-corrected chi connectivity index (χ0v) is 10.3. The summed E-state index contributed by atoms with van der Waals surface area (Å²) in [5.74, 6) is 0. The lowest BCUT2D eigenvalue weighted by molar-refractivity contribution is 0.132. The van der Waals surface area contributed by atoms with Gasteiger partial charge in [0.05, 0.1) is 5.51 Å². The Balaban J connectivity index is 2.00. The minimum atomic E-state index is 0.406. The predicted octanol–water partition coefficient (Wildman–Crippen LogP) is 2.61. The van der Waals surface area contributed by atoms with Crippen LogP contribution in [-0.4, -0.2) is 24.7 Å². The van der Waals surface area contributed by atoms with Crippen LogP contribution in [-0.2, 0) is 4.74 Å². The van der Waals surface area contributed by atoms with Crippen molar-refractivity contribution in [1.29, 1.82) is 0 Å². The van der Waals surface area contributed by atoms with Crippen LogP contribution >= 0.6 is 11.3 Å². The third-order valence-corrected chi connectivity index (χ3v) is 3.10. The van der Waals surface area contributed by atoms with Crippen LogP contribution < -0.4 is 5.32 Å². The molecule has 0 spiro atoms. The molecule has 1 aromatic heterocycles. The molecular formula is C11H20N2OS. The predicted molar refractivity (Wildman–Crippen MR) is 64.3 cm³/mol. The molecule has 0 aliphatic rings. The molecule has 3 nitrogen and oxygen atoms in total. The van der Waals surface area contributed by atoms with Crippen molar-refractivity contribution in [3.63, 3.8) is 0 Å². The third kappa shape index (κ3) is 5.25. The van der Waals surface area contributed by atoms with Gasteiger partial charge in [-0.15, -0.1) is 11.3 Å². The molecule has 1 unspecified atom stereocenters. The number of rotatable bonds is 8. The van der Waals surface area contributed by atoms with Crippen LogP contribution in [0, 0.1) is 0 Å². The molecule has 0 saturated carbocycles. The van der Waals surface area contributed by atoms with Crippen molar-refractivity contribution in [3.05, 3.63) is 16.6 Å². The van der Waals surface area contributed by atoms with E-state index in [-0.39, 0.29) is 0 Å². The van der Waals surface area contributed by atoms with Gasteiger partial charge in [-0.05, 0) is 26.3 Å². The molecule has 4 heteroatoms. The summed E-state index contributed by atoms with van der Waals surface area (Å²) in [5, 5.41) is 3.45. The lowest BCUT2D eigenvalue weighted by atomic mass is 10.3. The minimum Gasteiger partial charge on any atom is -0.381 e. The summed E-state index contributed by atoms with van der Waals surface area (Å²) in [6.45, 7) is 7.04. The number of nitrogens with one attached hydrogen (secondary N) is 1. The zero-order valence-electron chi connectivity index (χ0n) is 9.53. The highest BCUT2D eigenvalue weighted by Crippen LogP contribution is 2.15. The number of ether oxygens (including phenoxy) is 1. The summed E-state index contributed by atoms with van der Waals surface area (Å²) in [4.78, 5) is 5.36. The Labute approximate surface area is 95.9 Å². The fourth-order valence-electron chi connectivity index (χ4n) is 1.28. The lowest BCUT2D eigenvalue weighted by Crippen LogP contribution is -2.20. The van der Waals surface area contributed by atoms with Crippen molar-refractivity contribution in [1.82, 2.24) is 10.3 Å². The van der Waals surface area contributed by atoms with Crippen LogP contribution in [0.5, 0.6) is 0 Å². The maximum Gasteiger partial charge on any atom is 0.0794 e. The van der Waals surface area contributed by atoms with Crippen LogP contribution in [0.3, 0.4) is 0 Å². The quantitative estimate of drug-likeness (QED) is 0.694. The van der Waals surface area contributed by atoms with E-state index < -0.39 is 0 Å². The number of hydrogen-bond donors (Lipinski definition) is 1. The van der Waals surface area contributed by atoms with E-state index >= 15 is 0 Å². The van der Waals surface area contributed by atoms with Gasteiger partial charge in [0.2, 0.25) is 0 Å². The Morgan fingerprint density at radius 3 is 3.07 bits per heavy atom. The van der Waals surface area contributed by atoms with Crippen molar-refractivity contribution in [2.75, 3.05) is 19.8 Å². The minimum absolute atomic E-state index is 0.406. The van der Waals surface area contributed by atoms with E-state index in [2.05, 4.69) is 24.1 Å². The van der Waals surface area contributed by atoms with E-state index in [9.17, 15) is 0 Å². The summed E-state index contributed by atoms with van der Waals surface area (Å²) in [6, 6.07) is 0.406. The third-order valence-electron chi connectivity index (χ3n) is 2.14. The Morgan fingerprint density at radius 1 is 1.53 bits per heavy atom. The summed E-state index contributed by atoms with van der Waals surface area (Å²) in [6.07, 6.45) is 4.10. The molecule has 0 aliphatic heterocycles. The first kappa shape index (κ1) is 12.6. The van der Waals surface area contributed by atoms with Gasteiger partial charge >= 0.3 is 0 Å². The molecule has 0 fully saturated rings. The number of nitrogens with zero attached hydrogens (tertiary/aromatic N) is 1. The number of aromatic nitrogens is 1. The van der Waals surface area contributed by atoms with Gasteiger partial charge in [-0.25, -0.2) is 0 Å². The highest BCUT2D eigenvalue weighted by molar-refractivity contribution is 7.09. The molecule has 1 rings (SSSR count). The van der Waals surface area contributed by atoms with Crippen LogP contribution in [0.2, 0.25) is 0 Å². The van der Waals surface area contributed by atoms with E-state index in [1.165, 1.54) is 4.88 Å². The molecule has 0 aliphatic carbocycles. The van der Waals surface area contributed by atoms with Crippen LogP contribution in [0.25, 0.3) is 0 Å². The normalized spacial score (nSPS) is 12.9. The Bertz CT molecular complexity index is 239. The molecule has 1 atom stereocenters. The first-order valence-electron chi connectivity index (χ1n) is 5.54. The van der Waals surface area contributed by atoms with Gasteiger partial charge in [0.1, 0.15) is 0 Å². The number of thiazole rings is 1. The van der Waals surface area contributed by atoms with E-state index in [0.29, 0.717) is 6.04 Å². The Morgan fingerprint density at radius 2 is 2.40 bits per heavy atom. The number of hydrogen-bond acceptors (Lipinski definition) is 4. The van der Waals surface area contributed by atoms with Gasteiger partial charge in [0.15, 0.2) is 0 Å². The monoisotopic (exact) mass is 228 g/mol. The smallest absolute Gasteiger partial charge is 0.0794 e. The second kappa shape index (κ2) is 7.79. The Kier molecular flexibility index (Phi) is 6.55. The second-order valence-electron chi connectivity index (χ2n) is 3.55. The van der Waals surface area contributed by atoms with Crippen molar-refractivity contribution in [3.8, 4) is 0 Å². The van der Waals surface area contributed by atoms with Crippen LogP contribution in [0.1, 0.15) is 37.6 Å². The summed E-state index contributed by atoms with van der Waals surface area (Å²) >= 11 is 1.70. The van der Waals surface area contributed by atoms with Gasteiger partial charge in [0, 0.05) is 30.3 Å². The molecule has 0 amide bonds. The van der Waals surface area contributed by atoms with Crippen LogP contribution in [0.4, 0.5) is 0 Å².